The first-order chi connectivity index (χ1) is 9.41. The molecule has 0 saturated heterocycles. The third kappa shape index (κ3) is 5.49. The second-order valence-electron chi connectivity index (χ2n) is 6.12. The van der Waals surface area contributed by atoms with Gasteiger partial charge in [-0.05, 0) is 25.7 Å². The fraction of sp³-hybridized carbons (Fsp3) is 0.867. The predicted octanol–water partition coefficient (Wildman–Crippen LogP) is 1.20. The Hall–Kier alpha value is -1.10. The number of hydrogen-bond donors (Lipinski definition) is 3. The van der Waals surface area contributed by atoms with Crippen LogP contribution in [0.5, 0.6) is 0 Å². The molecule has 3 N–H and O–H groups in total. The third-order valence-corrected chi connectivity index (χ3v) is 3.98. The summed E-state index contributed by atoms with van der Waals surface area (Å²) in [5.41, 5.74) is 0. The van der Waals surface area contributed by atoms with Gasteiger partial charge in [0.15, 0.2) is 0 Å². The first-order valence-electron chi connectivity index (χ1n) is 7.68. The second kappa shape index (κ2) is 8.25. The number of amides is 2. The van der Waals surface area contributed by atoms with Crippen LogP contribution in [0.1, 0.15) is 52.9 Å². The summed E-state index contributed by atoms with van der Waals surface area (Å²) in [4.78, 5) is 23.9. The highest BCUT2D eigenvalue weighted by Gasteiger charge is 2.24. The van der Waals surface area contributed by atoms with Gasteiger partial charge in [0, 0.05) is 12.5 Å². The fourth-order valence-electron chi connectivity index (χ4n) is 2.36. The average molecular weight is 284 g/mol. The smallest absolute Gasteiger partial charge is 0.242 e. The normalized spacial score (nSPS) is 19.4. The molecular formula is C15H28N2O3. The van der Waals surface area contributed by atoms with Gasteiger partial charge in [-0.25, -0.2) is 0 Å². The Morgan fingerprint density at radius 1 is 1.15 bits per heavy atom. The molecule has 0 aromatic carbocycles. The molecule has 2 amide bonds. The quantitative estimate of drug-likeness (QED) is 0.686. The number of carbonyl (C=O) groups is 2. The highest BCUT2D eigenvalue weighted by atomic mass is 16.3. The van der Waals surface area contributed by atoms with E-state index in [-0.39, 0.29) is 30.2 Å². The molecule has 1 saturated carbocycles. The average Bonchev–Trinajstić information content (AvgIpc) is 2.44. The minimum absolute atomic E-state index is 0.0169. The van der Waals surface area contributed by atoms with E-state index in [4.69, 9.17) is 0 Å². The molecule has 0 heterocycles. The molecule has 116 valence electrons. The molecule has 5 nitrogen and oxygen atoms in total. The summed E-state index contributed by atoms with van der Waals surface area (Å²) in [6.45, 7) is 5.69. The van der Waals surface area contributed by atoms with Crippen molar-refractivity contribution in [2.24, 2.45) is 11.8 Å². The van der Waals surface area contributed by atoms with Crippen molar-refractivity contribution >= 4 is 11.8 Å². The van der Waals surface area contributed by atoms with E-state index in [1.54, 1.807) is 6.92 Å². The highest BCUT2D eigenvalue weighted by molar-refractivity contribution is 5.88. The monoisotopic (exact) mass is 284 g/mol. The van der Waals surface area contributed by atoms with Gasteiger partial charge in [-0.15, -0.1) is 0 Å². The Bertz CT molecular complexity index is 325. The van der Waals surface area contributed by atoms with Crippen LogP contribution in [-0.2, 0) is 9.59 Å². The lowest BCUT2D eigenvalue weighted by Gasteiger charge is -2.23. The maximum atomic E-state index is 12.0. The molecular weight excluding hydrogens is 256 g/mol. The minimum Gasteiger partial charge on any atom is -0.391 e. The van der Waals surface area contributed by atoms with Gasteiger partial charge in [0.05, 0.1) is 6.10 Å². The number of nitrogens with one attached hydrogen (secondary N) is 2. The number of rotatable bonds is 6. The molecule has 0 aromatic heterocycles. The van der Waals surface area contributed by atoms with Gasteiger partial charge >= 0.3 is 0 Å². The summed E-state index contributed by atoms with van der Waals surface area (Å²) in [7, 11) is 0. The van der Waals surface area contributed by atoms with Crippen LogP contribution in [0.2, 0.25) is 0 Å². The lowest BCUT2D eigenvalue weighted by atomic mass is 9.88. The van der Waals surface area contributed by atoms with Crippen LogP contribution in [0.4, 0.5) is 0 Å². The minimum atomic E-state index is -0.555. The third-order valence-electron chi connectivity index (χ3n) is 3.98. The molecule has 2 unspecified atom stereocenters. The standard InChI is InChI=1S/C15H28N2O3/c1-10(2)13(18)9-16-14(19)11(3)17-15(20)12-7-5-4-6-8-12/h10-13,18H,4-9H2,1-3H3,(H,16,19)(H,17,20). The first-order valence-corrected chi connectivity index (χ1v) is 7.68. The molecule has 1 rings (SSSR count). The van der Waals surface area contributed by atoms with Crippen molar-refractivity contribution in [2.45, 2.75) is 65.0 Å². The Kier molecular flexibility index (Phi) is 6.99. The number of carbonyl (C=O) groups excluding carboxylic acids is 2. The van der Waals surface area contributed by atoms with Gasteiger partial charge in [0.1, 0.15) is 6.04 Å². The predicted molar refractivity (Wildman–Crippen MR) is 78.0 cm³/mol. The summed E-state index contributed by atoms with van der Waals surface area (Å²) in [6.07, 6.45) is 4.68. The van der Waals surface area contributed by atoms with E-state index in [0.29, 0.717) is 0 Å². The molecule has 20 heavy (non-hydrogen) atoms. The van der Waals surface area contributed by atoms with Gasteiger partial charge in [-0.2, -0.15) is 0 Å². The SMILES string of the molecule is CC(NC(=O)C1CCCCC1)C(=O)NCC(O)C(C)C. The van der Waals surface area contributed by atoms with Gasteiger partial charge in [0.25, 0.3) is 0 Å². The maximum Gasteiger partial charge on any atom is 0.242 e. The lowest BCUT2D eigenvalue weighted by Crippen LogP contribution is -2.48. The summed E-state index contributed by atoms with van der Waals surface area (Å²) in [5, 5.41) is 15.1. The summed E-state index contributed by atoms with van der Waals surface area (Å²) < 4.78 is 0. The molecule has 0 aliphatic heterocycles. The largest absolute Gasteiger partial charge is 0.391 e. The van der Waals surface area contributed by atoms with E-state index >= 15 is 0 Å². The Labute approximate surface area is 121 Å². The lowest BCUT2D eigenvalue weighted by molar-refractivity contribution is -0.131. The van der Waals surface area contributed by atoms with Crippen LogP contribution in [0, 0.1) is 11.8 Å². The molecule has 1 aliphatic rings. The van der Waals surface area contributed by atoms with Gasteiger partial charge < -0.3 is 15.7 Å². The van der Waals surface area contributed by atoms with Crippen LogP contribution < -0.4 is 10.6 Å². The van der Waals surface area contributed by atoms with Crippen molar-refractivity contribution in [3.8, 4) is 0 Å². The maximum absolute atomic E-state index is 12.0. The second-order valence-corrected chi connectivity index (χ2v) is 6.12. The van der Waals surface area contributed by atoms with Crippen molar-refractivity contribution in [2.75, 3.05) is 6.54 Å². The zero-order chi connectivity index (χ0) is 15.1. The van der Waals surface area contributed by atoms with Crippen molar-refractivity contribution in [1.82, 2.24) is 10.6 Å². The van der Waals surface area contributed by atoms with E-state index in [9.17, 15) is 14.7 Å². The van der Waals surface area contributed by atoms with Crippen molar-refractivity contribution in [1.29, 1.82) is 0 Å². The highest BCUT2D eigenvalue weighted by Crippen LogP contribution is 2.23. The van der Waals surface area contributed by atoms with E-state index in [0.717, 1.165) is 25.7 Å². The van der Waals surface area contributed by atoms with Gasteiger partial charge in [-0.3, -0.25) is 9.59 Å². The molecule has 1 fully saturated rings. The van der Waals surface area contributed by atoms with Crippen LogP contribution in [0.15, 0.2) is 0 Å². The zero-order valence-electron chi connectivity index (χ0n) is 12.8. The topological polar surface area (TPSA) is 78.4 Å². The molecule has 0 bridgehead atoms. The van der Waals surface area contributed by atoms with E-state index in [1.165, 1.54) is 6.42 Å². The summed E-state index contributed by atoms with van der Waals surface area (Å²) >= 11 is 0. The molecule has 5 heteroatoms. The van der Waals surface area contributed by atoms with Crippen LogP contribution in [0.3, 0.4) is 0 Å². The van der Waals surface area contributed by atoms with Crippen molar-refractivity contribution in [3.63, 3.8) is 0 Å². The Balaban J connectivity index is 2.31. The van der Waals surface area contributed by atoms with E-state index in [2.05, 4.69) is 10.6 Å². The van der Waals surface area contributed by atoms with Crippen molar-refractivity contribution in [3.05, 3.63) is 0 Å². The van der Waals surface area contributed by atoms with E-state index < -0.39 is 12.1 Å². The van der Waals surface area contributed by atoms with Crippen molar-refractivity contribution < 1.29 is 14.7 Å². The molecule has 0 aromatic rings. The van der Waals surface area contributed by atoms with Gasteiger partial charge in [-0.1, -0.05) is 33.1 Å². The number of aliphatic hydroxyl groups excluding tert-OH is 1. The molecule has 1 aliphatic carbocycles. The Morgan fingerprint density at radius 2 is 1.75 bits per heavy atom. The molecule has 2 atom stereocenters. The first kappa shape index (κ1) is 17.0. The van der Waals surface area contributed by atoms with Crippen LogP contribution in [-0.4, -0.2) is 35.6 Å². The van der Waals surface area contributed by atoms with Crippen LogP contribution in [0.25, 0.3) is 0 Å². The molecule has 0 spiro atoms. The molecule has 0 radical (unpaired) electrons. The summed E-state index contributed by atoms with van der Waals surface area (Å²) in [5.74, 6) is -0.103. The van der Waals surface area contributed by atoms with Gasteiger partial charge in [0.2, 0.25) is 11.8 Å². The van der Waals surface area contributed by atoms with E-state index in [1.807, 2.05) is 13.8 Å². The number of aliphatic hydroxyl groups is 1. The zero-order valence-corrected chi connectivity index (χ0v) is 12.8. The fourth-order valence-corrected chi connectivity index (χ4v) is 2.36. The van der Waals surface area contributed by atoms with Crippen LogP contribution >= 0.6 is 0 Å². The summed E-state index contributed by atoms with van der Waals surface area (Å²) in [6, 6.07) is -0.552. The Morgan fingerprint density at radius 3 is 2.30 bits per heavy atom. The number of hydrogen-bond acceptors (Lipinski definition) is 3.